The van der Waals surface area contributed by atoms with Crippen LogP contribution in [0.5, 0.6) is 0 Å². The summed E-state index contributed by atoms with van der Waals surface area (Å²) in [5, 5.41) is 0. The highest BCUT2D eigenvalue weighted by atomic mass is 19.4. The van der Waals surface area contributed by atoms with Crippen molar-refractivity contribution in [2.24, 2.45) is 0 Å². The predicted molar refractivity (Wildman–Crippen MR) is 71.9 cm³/mol. The molecule has 122 valence electrons. The molecule has 0 aliphatic rings. The van der Waals surface area contributed by atoms with Crippen molar-refractivity contribution in [3.8, 4) is 0 Å². The molecule has 0 saturated heterocycles. The zero-order valence-corrected chi connectivity index (χ0v) is 12.1. The molecule has 0 unspecified atom stereocenters. The molecule has 0 fully saturated rings. The van der Waals surface area contributed by atoms with Crippen LogP contribution in [0, 0.1) is 0 Å². The quantitative estimate of drug-likeness (QED) is 0.512. The van der Waals surface area contributed by atoms with E-state index in [1.165, 1.54) is 0 Å². The van der Waals surface area contributed by atoms with E-state index in [1.807, 2.05) is 0 Å². The number of ether oxygens (including phenoxy) is 2. The van der Waals surface area contributed by atoms with Crippen LogP contribution >= 0.6 is 0 Å². The Labute approximate surface area is 125 Å². The number of rotatable bonds is 5. The molecule has 22 heavy (non-hydrogen) atoms. The third kappa shape index (κ3) is 4.12. The van der Waals surface area contributed by atoms with E-state index in [-0.39, 0.29) is 18.8 Å². The SMILES string of the molecule is CCOC(=O)C(C(=O)OCC)c1ccc(C(F)(F)F)c(N)c1. The number of carbonyl (C=O) groups is 2. The highest BCUT2D eigenvalue weighted by Gasteiger charge is 2.36. The van der Waals surface area contributed by atoms with E-state index in [4.69, 9.17) is 15.2 Å². The number of nitrogens with two attached hydrogens (primary N) is 1. The van der Waals surface area contributed by atoms with Gasteiger partial charge in [-0.25, -0.2) is 0 Å². The average molecular weight is 319 g/mol. The van der Waals surface area contributed by atoms with Crippen LogP contribution in [-0.4, -0.2) is 25.2 Å². The predicted octanol–water partition coefficient (Wildman–Crippen LogP) is 2.50. The first-order chi connectivity index (χ1) is 10.2. The van der Waals surface area contributed by atoms with Crippen LogP contribution < -0.4 is 5.73 Å². The lowest BCUT2D eigenvalue weighted by atomic mass is 9.96. The van der Waals surface area contributed by atoms with Crippen molar-refractivity contribution in [3.63, 3.8) is 0 Å². The van der Waals surface area contributed by atoms with Crippen LogP contribution in [0.15, 0.2) is 18.2 Å². The zero-order valence-electron chi connectivity index (χ0n) is 12.1. The Morgan fingerprint density at radius 2 is 1.64 bits per heavy atom. The van der Waals surface area contributed by atoms with E-state index < -0.39 is 35.3 Å². The molecule has 0 aromatic heterocycles. The van der Waals surface area contributed by atoms with Crippen LogP contribution in [0.4, 0.5) is 18.9 Å². The fourth-order valence-electron chi connectivity index (χ4n) is 1.84. The standard InChI is InChI=1S/C14H16F3NO4/c1-3-21-12(19)11(13(20)22-4-2)8-5-6-9(10(18)7-8)14(15,16)17/h5-7,11H,3-4,18H2,1-2H3. The number of alkyl halides is 3. The first-order valence-electron chi connectivity index (χ1n) is 6.52. The number of benzene rings is 1. The van der Waals surface area contributed by atoms with Crippen molar-refractivity contribution >= 4 is 17.6 Å². The van der Waals surface area contributed by atoms with Gasteiger partial charge in [0.1, 0.15) is 0 Å². The van der Waals surface area contributed by atoms with Crippen molar-refractivity contribution in [2.75, 3.05) is 18.9 Å². The van der Waals surface area contributed by atoms with E-state index >= 15 is 0 Å². The minimum Gasteiger partial charge on any atom is -0.465 e. The van der Waals surface area contributed by atoms with Gasteiger partial charge in [0.2, 0.25) is 0 Å². The summed E-state index contributed by atoms with van der Waals surface area (Å²) in [6, 6.07) is 2.66. The molecule has 0 heterocycles. The molecule has 0 radical (unpaired) electrons. The van der Waals surface area contributed by atoms with Gasteiger partial charge in [-0.2, -0.15) is 13.2 Å². The van der Waals surface area contributed by atoms with Crippen molar-refractivity contribution in [1.29, 1.82) is 0 Å². The molecule has 0 amide bonds. The molecule has 1 aromatic carbocycles. The third-order valence-corrected chi connectivity index (χ3v) is 2.76. The van der Waals surface area contributed by atoms with Gasteiger partial charge < -0.3 is 15.2 Å². The van der Waals surface area contributed by atoms with Crippen molar-refractivity contribution in [2.45, 2.75) is 25.9 Å². The second kappa shape index (κ2) is 7.15. The number of hydrogen-bond donors (Lipinski definition) is 1. The number of halogens is 3. The second-order valence-corrected chi connectivity index (χ2v) is 4.28. The van der Waals surface area contributed by atoms with Gasteiger partial charge in [-0.05, 0) is 31.5 Å². The maximum absolute atomic E-state index is 12.7. The average Bonchev–Trinajstić information content (AvgIpc) is 2.38. The van der Waals surface area contributed by atoms with Gasteiger partial charge in [-0.1, -0.05) is 6.07 Å². The monoisotopic (exact) mass is 319 g/mol. The number of esters is 2. The summed E-state index contributed by atoms with van der Waals surface area (Å²) in [5.74, 6) is -3.27. The first-order valence-corrected chi connectivity index (χ1v) is 6.52. The molecule has 0 saturated carbocycles. The van der Waals surface area contributed by atoms with Gasteiger partial charge >= 0.3 is 18.1 Å². The van der Waals surface area contributed by atoms with Gasteiger partial charge in [0.25, 0.3) is 0 Å². The summed E-state index contributed by atoms with van der Waals surface area (Å²) in [5.41, 5.74) is 3.74. The molecule has 2 N–H and O–H groups in total. The fraction of sp³-hybridized carbons (Fsp3) is 0.429. The lowest BCUT2D eigenvalue weighted by Crippen LogP contribution is -2.26. The molecule has 0 aliphatic heterocycles. The number of hydrogen-bond acceptors (Lipinski definition) is 5. The maximum atomic E-state index is 12.7. The van der Waals surface area contributed by atoms with Crippen molar-refractivity contribution in [1.82, 2.24) is 0 Å². The molecule has 0 bridgehead atoms. The Morgan fingerprint density at radius 3 is 2.00 bits per heavy atom. The molecule has 8 heteroatoms. The Morgan fingerprint density at radius 1 is 1.14 bits per heavy atom. The van der Waals surface area contributed by atoms with E-state index in [9.17, 15) is 22.8 Å². The number of carbonyl (C=O) groups excluding carboxylic acids is 2. The minimum atomic E-state index is -4.62. The van der Waals surface area contributed by atoms with E-state index in [1.54, 1.807) is 13.8 Å². The Kier molecular flexibility index (Phi) is 5.78. The summed E-state index contributed by atoms with van der Waals surface area (Å²) >= 11 is 0. The Bertz CT molecular complexity index is 540. The molecular weight excluding hydrogens is 303 g/mol. The number of nitrogen functional groups attached to an aromatic ring is 1. The normalized spacial score (nSPS) is 11.4. The fourth-order valence-corrected chi connectivity index (χ4v) is 1.84. The van der Waals surface area contributed by atoms with Gasteiger partial charge in [0, 0.05) is 5.69 Å². The van der Waals surface area contributed by atoms with Gasteiger partial charge in [0.05, 0.1) is 18.8 Å². The topological polar surface area (TPSA) is 78.6 Å². The summed E-state index contributed by atoms with van der Waals surface area (Å²) in [4.78, 5) is 23.7. The molecule has 1 rings (SSSR count). The highest BCUT2D eigenvalue weighted by molar-refractivity contribution is 6.01. The molecule has 1 aromatic rings. The Hall–Kier alpha value is -2.25. The van der Waals surface area contributed by atoms with E-state index in [0.717, 1.165) is 18.2 Å². The Balaban J connectivity index is 3.23. The summed E-state index contributed by atoms with van der Waals surface area (Å²) < 4.78 is 47.6. The minimum absolute atomic E-state index is 0.0117. The van der Waals surface area contributed by atoms with Crippen LogP contribution in [0.2, 0.25) is 0 Å². The van der Waals surface area contributed by atoms with Crippen LogP contribution in [0.1, 0.15) is 30.9 Å². The molecule has 0 atom stereocenters. The molecule has 0 spiro atoms. The smallest absolute Gasteiger partial charge is 0.418 e. The highest BCUT2D eigenvalue weighted by Crippen LogP contribution is 2.35. The van der Waals surface area contributed by atoms with Crippen molar-refractivity contribution in [3.05, 3.63) is 29.3 Å². The first kappa shape index (κ1) is 17.8. The summed E-state index contributed by atoms with van der Waals surface area (Å²) in [6.07, 6.45) is -4.62. The maximum Gasteiger partial charge on any atom is 0.418 e. The van der Waals surface area contributed by atoms with E-state index in [2.05, 4.69) is 0 Å². The molecule has 5 nitrogen and oxygen atoms in total. The lowest BCUT2D eigenvalue weighted by Gasteiger charge is -2.17. The van der Waals surface area contributed by atoms with Crippen LogP contribution in [0.3, 0.4) is 0 Å². The summed E-state index contributed by atoms with van der Waals surface area (Å²) in [7, 11) is 0. The molecule has 0 aliphatic carbocycles. The van der Waals surface area contributed by atoms with E-state index in [0.29, 0.717) is 0 Å². The largest absolute Gasteiger partial charge is 0.465 e. The molecular formula is C14H16F3NO4. The summed E-state index contributed by atoms with van der Waals surface area (Å²) in [6.45, 7) is 3.12. The third-order valence-electron chi connectivity index (χ3n) is 2.76. The van der Waals surface area contributed by atoms with Crippen LogP contribution in [0.25, 0.3) is 0 Å². The lowest BCUT2D eigenvalue weighted by molar-refractivity contribution is -0.156. The second-order valence-electron chi connectivity index (χ2n) is 4.28. The van der Waals surface area contributed by atoms with Crippen molar-refractivity contribution < 1.29 is 32.2 Å². The number of anilines is 1. The zero-order chi connectivity index (χ0) is 16.9. The van der Waals surface area contributed by atoms with Gasteiger partial charge in [-0.3, -0.25) is 9.59 Å². The van der Waals surface area contributed by atoms with Crippen LogP contribution in [-0.2, 0) is 25.2 Å². The van der Waals surface area contributed by atoms with Gasteiger partial charge in [0.15, 0.2) is 5.92 Å². The van der Waals surface area contributed by atoms with Gasteiger partial charge in [-0.15, -0.1) is 0 Å².